The third-order valence-electron chi connectivity index (χ3n) is 3.22. The number of hydrogen-bond donors (Lipinski definition) is 1. The molecule has 0 spiro atoms. The fraction of sp³-hybridized carbons (Fsp3) is 0.615. The zero-order chi connectivity index (χ0) is 11.8. The molecule has 0 saturated carbocycles. The Morgan fingerprint density at radius 3 is 2.94 bits per heavy atom. The van der Waals surface area contributed by atoms with Gasteiger partial charge in [-0.1, -0.05) is 19.9 Å². The van der Waals surface area contributed by atoms with E-state index in [0.717, 1.165) is 19.4 Å². The lowest BCUT2D eigenvalue weighted by Gasteiger charge is -2.33. The van der Waals surface area contributed by atoms with E-state index in [1.807, 2.05) is 10.9 Å². The Morgan fingerprint density at radius 2 is 2.31 bits per heavy atom. The summed E-state index contributed by atoms with van der Waals surface area (Å²) in [7, 11) is 0. The summed E-state index contributed by atoms with van der Waals surface area (Å²) < 4.78 is 2.04. The molecule has 1 atom stereocenters. The van der Waals surface area contributed by atoms with Gasteiger partial charge in [-0.25, -0.2) is 0 Å². The van der Waals surface area contributed by atoms with Gasteiger partial charge in [-0.05, 0) is 36.8 Å². The smallest absolute Gasteiger partial charge is 0.0639 e. The second-order valence-corrected chi connectivity index (χ2v) is 5.43. The number of aryl methyl sites for hydroxylation is 1. The normalized spacial score (nSPS) is 24.2. The third-order valence-corrected chi connectivity index (χ3v) is 3.22. The minimum Gasteiger partial charge on any atom is -0.324 e. The molecule has 3 heteroatoms. The van der Waals surface area contributed by atoms with E-state index < -0.39 is 0 Å². The fourth-order valence-corrected chi connectivity index (χ4v) is 2.64. The molecule has 2 rings (SSSR count). The van der Waals surface area contributed by atoms with Crippen LogP contribution < -0.4 is 5.73 Å². The van der Waals surface area contributed by atoms with Crippen molar-refractivity contribution >= 4 is 5.57 Å². The van der Waals surface area contributed by atoms with E-state index in [2.05, 4.69) is 38.0 Å². The molecule has 0 bridgehead atoms. The van der Waals surface area contributed by atoms with Crippen LogP contribution in [0.1, 0.15) is 39.3 Å². The number of allylic oxidation sites excluding steroid dienone is 1. The highest BCUT2D eigenvalue weighted by Crippen LogP contribution is 2.38. The Balaban J connectivity index is 2.34. The topological polar surface area (TPSA) is 43.8 Å². The molecule has 0 amide bonds. The number of hydrogen-bond acceptors (Lipinski definition) is 2. The van der Waals surface area contributed by atoms with Crippen molar-refractivity contribution in [3.05, 3.63) is 24.0 Å². The number of nitrogens with zero attached hydrogens (tertiary/aromatic N) is 2. The molecule has 1 heterocycles. The van der Waals surface area contributed by atoms with Crippen molar-refractivity contribution in [3.8, 4) is 0 Å². The van der Waals surface area contributed by atoms with Gasteiger partial charge in [0.15, 0.2) is 0 Å². The number of nitrogens with two attached hydrogens (primary N) is 1. The first-order valence-electron chi connectivity index (χ1n) is 6.00. The van der Waals surface area contributed by atoms with Crippen LogP contribution in [0.3, 0.4) is 0 Å². The van der Waals surface area contributed by atoms with Gasteiger partial charge in [0.05, 0.1) is 5.69 Å². The minimum absolute atomic E-state index is 0.180. The fourth-order valence-electron chi connectivity index (χ4n) is 2.64. The lowest BCUT2D eigenvalue weighted by Crippen LogP contribution is -2.31. The molecule has 1 unspecified atom stereocenters. The molecule has 1 aromatic heterocycles. The van der Waals surface area contributed by atoms with Crippen molar-refractivity contribution in [2.75, 3.05) is 0 Å². The highest BCUT2D eigenvalue weighted by molar-refractivity contribution is 5.65. The van der Waals surface area contributed by atoms with Gasteiger partial charge in [0.2, 0.25) is 0 Å². The first kappa shape index (κ1) is 11.4. The van der Waals surface area contributed by atoms with E-state index in [0.29, 0.717) is 5.41 Å². The molecule has 0 fully saturated rings. The molecule has 0 radical (unpaired) electrons. The van der Waals surface area contributed by atoms with Crippen molar-refractivity contribution in [2.24, 2.45) is 11.1 Å². The summed E-state index contributed by atoms with van der Waals surface area (Å²) >= 11 is 0. The average Bonchev–Trinajstić information content (AvgIpc) is 2.61. The zero-order valence-electron chi connectivity index (χ0n) is 10.4. The van der Waals surface area contributed by atoms with Gasteiger partial charge in [-0.15, -0.1) is 0 Å². The van der Waals surface area contributed by atoms with Crippen LogP contribution >= 0.6 is 0 Å². The van der Waals surface area contributed by atoms with Crippen LogP contribution in [-0.4, -0.2) is 15.8 Å². The lowest BCUT2D eigenvalue weighted by molar-refractivity contribution is 0.317. The van der Waals surface area contributed by atoms with E-state index in [1.54, 1.807) is 0 Å². The second kappa shape index (κ2) is 4.06. The lowest BCUT2D eigenvalue weighted by atomic mass is 9.75. The zero-order valence-corrected chi connectivity index (χ0v) is 10.4. The van der Waals surface area contributed by atoms with Crippen molar-refractivity contribution in [1.29, 1.82) is 0 Å². The van der Waals surface area contributed by atoms with Crippen LogP contribution in [0.4, 0.5) is 0 Å². The Kier molecular flexibility index (Phi) is 2.89. The first-order chi connectivity index (χ1) is 7.52. The van der Waals surface area contributed by atoms with Crippen LogP contribution in [0.25, 0.3) is 5.57 Å². The van der Waals surface area contributed by atoms with Crippen LogP contribution in [0.15, 0.2) is 18.3 Å². The molecule has 1 aliphatic carbocycles. The molecule has 0 aliphatic heterocycles. The first-order valence-corrected chi connectivity index (χ1v) is 6.00. The standard InChI is InChI=1S/C13H21N3/c1-4-16-12(5-6-15-16)10-7-11(14)9-13(2,3)8-10/h5-7,11H,4,8-9,14H2,1-3H3. The molecule has 0 aromatic carbocycles. The van der Waals surface area contributed by atoms with Gasteiger partial charge in [0.25, 0.3) is 0 Å². The van der Waals surface area contributed by atoms with Gasteiger partial charge < -0.3 is 5.73 Å². The summed E-state index contributed by atoms with van der Waals surface area (Å²) in [5, 5.41) is 4.32. The number of aromatic nitrogens is 2. The van der Waals surface area contributed by atoms with Crippen LogP contribution in [0, 0.1) is 5.41 Å². The summed E-state index contributed by atoms with van der Waals surface area (Å²) in [4.78, 5) is 0. The Hall–Kier alpha value is -1.09. The monoisotopic (exact) mass is 219 g/mol. The van der Waals surface area contributed by atoms with Crippen molar-refractivity contribution in [3.63, 3.8) is 0 Å². The predicted octanol–water partition coefficient (Wildman–Crippen LogP) is 2.43. The van der Waals surface area contributed by atoms with Crippen molar-refractivity contribution in [1.82, 2.24) is 9.78 Å². The SMILES string of the molecule is CCn1nccc1C1=CC(N)CC(C)(C)C1. The van der Waals surface area contributed by atoms with Gasteiger partial charge in [-0.3, -0.25) is 4.68 Å². The molecular weight excluding hydrogens is 198 g/mol. The number of rotatable bonds is 2. The second-order valence-electron chi connectivity index (χ2n) is 5.43. The maximum absolute atomic E-state index is 6.09. The largest absolute Gasteiger partial charge is 0.324 e. The van der Waals surface area contributed by atoms with Crippen molar-refractivity contribution in [2.45, 2.75) is 46.2 Å². The summed E-state index contributed by atoms with van der Waals surface area (Å²) in [5.74, 6) is 0. The molecule has 1 aliphatic rings. The third kappa shape index (κ3) is 2.19. The van der Waals surface area contributed by atoms with E-state index in [4.69, 9.17) is 5.73 Å². The molecular formula is C13H21N3. The minimum atomic E-state index is 0.180. The highest BCUT2D eigenvalue weighted by atomic mass is 15.3. The molecule has 2 N–H and O–H groups in total. The van der Waals surface area contributed by atoms with E-state index in [-0.39, 0.29) is 6.04 Å². The maximum Gasteiger partial charge on any atom is 0.0639 e. The summed E-state index contributed by atoms with van der Waals surface area (Å²) in [6.45, 7) is 7.60. The molecule has 88 valence electrons. The molecule has 1 aromatic rings. The van der Waals surface area contributed by atoms with E-state index in [9.17, 15) is 0 Å². The summed E-state index contributed by atoms with van der Waals surface area (Å²) in [5.41, 5.74) is 8.97. The molecule has 16 heavy (non-hydrogen) atoms. The quantitative estimate of drug-likeness (QED) is 0.830. The summed E-state index contributed by atoms with van der Waals surface area (Å²) in [6, 6.07) is 2.27. The van der Waals surface area contributed by atoms with Crippen LogP contribution in [0.2, 0.25) is 0 Å². The predicted molar refractivity (Wildman–Crippen MR) is 66.9 cm³/mol. The van der Waals surface area contributed by atoms with Gasteiger partial charge in [0, 0.05) is 18.8 Å². The van der Waals surface area contributed by atoms with E-state index in [1.165, 1.54) is 11.3 Å². The van der Waals surface area contributed by atoms with E-state index >= 15 is 0 Å². The Morgan fingerprint density at radius 1 is 1.56 bits per heavy atom. The average molecular weight is 219 g/mol. The maximum atomic E-state index is 6.09. The highest BCUT2D eigenvalue weighted by Gasteiger charge is 2.28. The van der Waals surface area contributed by atoms with Crippen LogP contribution in [-0.2, 0) is 6.54 Å². The van der Waals surface area contributed by atoms with Gasteiger partial charge in [-0.2, -0.15) is 5.10 Å². The van der Waals surface area contributed by atoms with Gasteiger partial charge in [0.1, 0.15) is 0 Å². The summed E-state index contributed by atoms with van der Waals surface area (Å²) in [6.07, 6.45) is 6.23. The van der Waals surface area contributed by atoms with Crippen LogP contribution in [0.5, 0.6) is 0 Å². The Bertz CT molecular complexity index is 401. The molecule has 0 saturated heterocycles. The molecule has 3 nitrogen and oxygen atoms in total. The van der Waals surface area contributed by atoms with Gasteiger partial charge >= 0.3 is 0 Å². The van der Waals surface area contributed by atoms with Crippen molar-refractivity contribution < 1.29 is 0 Å². The Labute approximate surface area is 97.3 Å².